The summed E-state index contributed by atoms with van der Waals surface area (Å²) < 4.78 is 2.20. The predicted octanol–water partition coefficient (Wildman–Crippen LogP) is 13.1. The molecule has 4 aromatic carbocycles. The molecule has 0 saturated carbocycles. The first kappa shape index (κ1) is 70.6. The maximum Gasteiger partial charge on any atom is 1.00 e. The Morgan fingerprint density at radius 3 is 1.21 bits per heavy atom. The summed E-state index contributed by atoms with van der Waals surface area (Å²) in [6.45, 7) is 28.5. The van der Waals surface area contributed by atoms with E-state index in [0.717, 1.165) is 31.6 Å². The van der Waals surface area contributed by atoms with E-state index in [1.807, 2.05) is 141 Å². The van der Waals surface area contributed by atoms with Crippen LogP contribution in [0.1, 0.15) is 98.4 Å². The quantitative estimate of drug-likeness (QED) is 0.0285. The molecule has 8 N–H and O–H groups in total. The topological polar surface area (TPSA) is 214 Å². The van der Waals surface area contributed by atoms with E-state index in [1.165, 1.54) is 2.43 Å². The molecular weight excluding hydrogens is 1090 g/mol. The number of hydrogen-bond donors (Lipinski definition) is 4. The van der Waals surface area contributed by atoms with Crippen molar-refractivity contribution in [1.29, 1.82) is 15.8 Å². The summed E-state index contributed by atoms with van der Waals surface area (Å²) >= 11 is 6.69. The van der Waals surface area contributed by atoms with E-state index in [9.17, 15) is 4.91 Å². The number of aryl methyl sites for hydroxylation is 1. The third-order valence-corrected chi connectivity index (χ3v) is 5.79. The van der Waals surface area contributed by atoms with Crippen LogP contribution in [0.5, 0.6) is 0 Å². The molecule has 0 amide bonds. The van der Waals surface area contributed by atoms with Crippen molar-refractivity contribution in [3.63, 3.8) is 0 Å². The number of rotatable bonds is 2. The average Bonchev–Trinajstić information content (AvgIpc) is 3.21. The van der Waals surface area contributed by atoms with Crippen LogP contribution in [0, 0.1) is 49.9 Å². The molecule has 0 aliphatic carbocycles. The van der Waals surface area contributed by atoms with Gasteiger partial charge in [-0.05, 0) is 97.8 Å². The second-order valence-electron chi connectivity index (χ2n) is 9.43. The van der Waals surface area contributed by atoms with E-state index in [0.29, 0.717) is 17.8 Å². The largest absolute Gasteiger partial charge is 1.00 e. The van der Waals surface area contributed by atoms with E-state index in [4.69, 9.17) is 45.3 Å². The van der Waals surface area contributed by atoms with Gasteiger partial charge in [-0.2, -0.15) is 10.5 Å². The van der Waals surface area contributed by atoms with Crippen LogP contribution < -0.4 is 22.9 Å². The van der Waals surface area contributed by atoms with Crippen LogP contribution in [0.4, 0.5) is 17.1 Å². The second kappa shape index (κ2) is 56.2. The third-order valence-electron chi connectivity index (χ3n) is 4.85. The molecule has 4 rings (SSSR count). The van der Waals surface area contributed by atoms with Gasteiger partial charge in [-0.25, -0.2) is 0 Å². The average molecular weight is 1160 g/mol. The summed E-state index contributed by atoms with van der Waals surface area (Å²) in [5.41, 5.74) is 27.1. The van der Waals surface area contributed by atoms with E-state index < -0.39 is 5.60 Å². The maximum absolute atomic E-state index is 9.35. The summed E-state index contributed by atoms with van der Waals surface area (Å²) in [5.74, 6) is 0. The fraction of sp³-hybridized carbons (Fsp3) is 0.357. The zero-order valence-electron chi connectivity index (χ0n) is 35.0. The molecule has 56 heavy (non-hydrogen) atoms. The Bertz CT molecular complexity index is 1440. The number of benzene rings is 4. The van der Waals surface area contributed by atoms with Gasteiger partial charge >= 0.3 is 17.1 Å². The van der Waals surface area contributed by atoms with Crippen molar-refractivity contribution in [2.75, 3.05) is 19.6 Å². The van der Waals surface area contributed by atoms with E-state index in [-0.39, 0.29) is 17.1 Å². The molecule has 0 heterocycles. The van der Waals surface area contributed by atoms with Crippen LogP contribution in [-0.2, 0) is 28.5 Å². The van der Waals surface area contributed by atoms with Gasteiger partial charge in [0.05, 0.1) is 13.6 Å². The van der Waals surface area contributed by atoms with Gasteiger partial charge in [0.2, 0.25) is 0 Å². The number of nitrogens with zero attached hydrogens (tertiary/aromatic N) is 4. The van der Waals surface area contributed by atoms with Crippen molar-refractivity contribution < 1.29 is 21.9 Å². The summed E-state index contributed by atoms with van der Waals surface area (Å²) in [7, 11) is 0. The van der Waals surface area contributed by atoms with Gasteiger partial charge in [-0.1, -0.05) is 161 Å². The zero-order chi connectivity index (χ0) is 44.7. The monoisotopic (exact) mass is 1160 g/mol. The third kappa shape index (κ3) is 48.8. The number of halogens is 3. The van der Waals surface area contributed by atoms with Gasteiger partial charge < -0.3 is 39.6 Å². The number of hydrogen-bond acceptors (Lipinski definition) is 10. The molecule has 14 heteroatoms. The molecule has 10 nitrogen and oxygen atoms in total. The van der Waals surface area contributed by atoms with Crippen LogP contribution in [0.25, 0.3) is 0 Å². The Kier molecular flexibility index (Phi) is 70.8. The van der Waals surface area contributed by atoms with Crippen LogP contribution in [0.2, 0.25) is 0 Å². The molecule has 0 bridgehead atoms. The van der Waals surface area contributed by atoms with Crippen LogP contribution in [0.15, 0.2) is 102 Å². The number of nitriles is 2. The summed E-state index contributed by atoms with van der Waals surface area (Å²) in [5, 5.41) is 25.4. The van der Waals surface area contributed by atoms with Crippen molar-refractivity contribution in [2.24, 2.45) is 11.1 Å². The fourth-order valence-electron chi connectivity index (χ4n) is 2.57. The van der Waals surface area contributed by atoms with Crippen LogP contribution in [0.3, 0.4) is 0 Å². The van der Waals surface area contributed by atoms with Crippen molar-refractivity contribution in [3.8, 4) is 12.1 Å². The van der Waals surface area contributed by atoms with E-state index >= 15 is 0 Å². The Hall–Kier alpha value is -3.18. The van der Waals surface area contributed by atoms with Crippen molar-refractivity contribution >= 4 is 84.8 Å². The minimum Gasteiger partial charge on any atom is -0.512 e. The SMILES string of the molecule is CC.CC.CC.CC.CC(C)(C)ON=O.Cc1ccccc1N.ICI.N#Cc1ccccc1I.N#Cc1ccccc1N.NCc1ccccc1N.[C-]#N.[Cu+]. The van der Waals surface area contributed by atoms with Crippen molar-refractivity contribution in [2.45, 2.75) is 95.2 Å². The molecule has 0 atom stereocenters. The number of nitrogen functional groups attached to an aromatic ring is 3. The zero-order valence-corrected chi connectivity index (χ0v) is 42.4. The first-order valence-corrected chi connectivity index (χ1v) is 21.5. The first-order valence-electron chi connectivity index (χ1n) is 17.4. The standard InChI is InChI=1S/C7H4IN.C7H10N2.C7H6N2.C7H9N.C4H9NO2.4C2H6.CH2I2.CN.Cu/c8-7-4-2-1-3-6(7)5-9;2*8-5-6-3-1-2-4-7(6)9;1-6-4-2-3-5-7(6)8;1-4(2,3)7-5-6;4*1-2;2-1-3;1-2;/h1-4H;1-4H,5,8-9H2;1-4H,9H2;2-5H,8H2,1H3;1-3H3;4*1-2H3;1H2;;/q;;;;;;;;;;-1;+1. The number of alkyl halides is 2. The Balaban J connectivity index is -0.0000000795. The molecule has 0 unspecified atom stereocenters. The summed E-state index contributed by atoms with van der Waals surface area (Å²) in [4.78, 5) is 13.6. The molecule has 0 spiro atoms. The van der Waals surface area contributed by atoms with Gasteiger partial charge in [-0.15, -0.1) is 4.91 Å². The van der Waals surface area contributed by atoms with E-state index in [1.54, 1.807) is 45.0 Å². The number of nitrogens with two attached hydrogens (primary N) is 4. The first-order chi connectivity index (χ1) is 26.3. The number of anilines is 3. The molecule has 0 aliphatic rings. The van der Waals surface area contributed by atoms with Gasteiger partial charge in [0, 0.05) is 27.2 Å². The van der Waals surface area contributed by atoms with Crippen LogP contribution >= 0.6 is 67.8 Å². The van der Waals surface area contributed by atoms with Crippen molar-refractivity contribution in [1.82, 2.24) is 0 Å². The molecule has 0 saturated heterocycles. The molecule has 0 aromatic heterocycles. The fourth-order valence-corrected chi connectivity index (χ4v) is 3.08. The van der Waals surface area contributed by atoms with Gasteiger partial charge in [-0.3, -0.25) is 0 Å². The van der Waals surface area contributed by atoms with E-state index in [2.05, 4.69) is 84.0 Å². The minimum atomic E-state index is -0.429. The maximum atomic E-state index is 9.35. The Labute approximate surface area is 391 Å². The smallest absolute Gasteiger partial charge is 0.512 e. The second-order valence-corrected chi connectivity index (χ2v) is 15.0. The Morgan fingerprint density at radius 2 is 1.00 bits per heavy atom. The normalized spacial score (nSPS) is 7.64. The Morgan fingerprint density at radius 1 is 0.661 bits per heavy atom. The molecule has 0 radical (unpaired) electrons. The minimum absolute atomic E-state index is 0. The molecule has 316 valence electrons. The molecule has 4 aromatic rings. The molecule has 0 aliphatic heterocycles. The van der Waals surface area contributed by atoms with Crippen molar-refractivity contribution in [3.05, 3.63) is 134 Å². The van der Waals surface area contributed by atoms with Gasteiger partial charge in [0.25, 0.3) is 0 Å². The molecular formula is C42H64CuI3N8O2. The predicted molar refractivity (Wildman–Crippen MR) is 264 cm³/mol. The van der Waals surface area contributed by atoms with Crippen LogP contribution in [-0.4, -0.2) is 8.04 Å². The van der Waals surface area contributed by atoms with Gasteiger partial charge in [0.1, 0.15) is 17.7 Å². The number of para-hydroxylation sites is 3. The molecule has 0 fully saturated rings. The van der Waals surface area contributed by atoms with Gasteiger partial charge in [0.15, 0.2) is 5.34 Å². The summed E-state index contributed by atoms with van der Waals surface area (Å²) in [6.07, 6.45) is 0. The summed E-state index contributed by atoms with van der Waals surface area (Å²) in [6, 6.07) is 34.0.